The zero-order chi connectivity index (χ0) is 22.8. The van der Waals surface area contributed by atoms with Gasteiger partial charge in [-0.2, -0.15) is 0 Å². The van der Waals surface area contributed by atoms with Crippen molar-refractivity contribution in [1.29, 1.82) is 0 Å². The number of hydrogen-bond acceptors (Lipinski definition) is 5. The first-order valence-corrected chi connectivity index (χ1v) is 11.5. The maximum absolute atomic E-state index is 13.7. The molecule has 33 heavy (non-hydrogen) atoms. The van der Waals surface area contributed by atoms with Gasteiger partial charge in [-0.15, -0.1) is 0 Å². The molecule has 0 unspecified atom stereocenters. The van der Waals surface area contributed by atoms with Crippen molar-refractivity contribution in [1.82, 2.24) is 19.9 Å². The number of fused-ring (bicyclic) bond motifs is 1. The Morgan fingerprint density at radius 3 is 2.55 bits per heavy atom. The highest BCUT2D eigenvalue weighted by Gasteiger charge is 2.25. The minimum atomic E-state index is 0.0167. The number of hydrogen-bond donors (Lipinski definition) is 0. The Morgan fingerprint density at radius 1 is 0.970 bits per heavy atom. The standard InChI is InChI=1S/C27H28N4O2/c1-19-9-11-21(12-10-19)18-30-13-6-14-31(16-15-30)27(32)23-17-24(22-7-4-3-5-8-22)28-26-25(23)20(2)29-33-26/h3-5,7-12,17H,6,13-16,18H2,1-2H3. The SMILES string of the molecule is Cc1ccc(CN2CCCN(C(=O)c3cc(-c4ccccc4)nc4onc(C)c34)CC2)cc1. The number of benzene rings is 2. The van der Waals surface area contributed by atoms with Crippen molar-refractivity contribution in [2.75, 3.05) is 26.2 Å². The first-order chi connectivity index (χ1) is 16.1. The van der Waals surface area contributed by atoms with Crippen LogP contribution >= 0.6 is 0 Å². The molecule has 0 saturated carbocycles. The van der Waals surface area contributed by atoms with Crippen LogP contribution in [0.4, 0.5) is 0 Å². The lowest BCUT2D eigenvalue weighted by atomic mass is 10.0. The molecule has 0 atom stereocenters. The molecular formula is C27H28N4O2. The Morgan fingerprint density at radius 2 is 1.76 bits per heavy atom. The highest BCUT2D eigenvalue weighted by molar-refractivity contribution is 6.07. The van der Waals surface area contributed by atoms with Crippen molar-refractivity contribution in [2.24, 2.45) is 0 Å². The summed E-state index contributed by atoms with van der Waals surface area (Å²) < 4.78 is 5.47. The third kappa shape index (κ3) is 4.52. The summed E-state index contributed by atoms with van der Waals surface area (Å²) in [6.45, 7) is 8.13. The average molecular weight is 441 g/mol. The zero-order valence-electron chi connectivity index (χ0n) is 19.1. The molecule has 2 aromatic heterocycles. The van der Waals surface area contributed by atoms with Crippen molar-refractivity contribution in [2.45, 2.75) is 26.8 Å². The second kappa shape index (κ2) is 9.16. The number of amides is 1. The average Bonchev–Trinajstić information content (AvgIpc) is 3.06. The fraction of sp³-hybridized carbons (Fsp3) is 0.296. The van der Waals surface area contributed by atoms with Gasteiger partial charge in [0.05, 0.1) is 22.3 Å². The lowest BCUT2D eigenvalue weighted by Crippen LogP contribution is -2.35. The third-order valence-electron chi connectivity index (χ3n) is 6.32. The van der Waals surface area contributed by atoms with Crippen LogP contribution in [-0.2, 0) is 6.54 Å². The molecule has 4 aromatic rings. The van der Waals surface area contributed by atoms with Gasteiger partial charge in [0.1, 0.15) is 0 Å². The number of rotatable bonds is 4. The normalized spacial score (nSPS) is 15.0. The van der Waals surface area contributed by atoms with Gasteiger partial charge < -0.3 is 9.42 Å². The fourth-order valence-corrected chi connectivity index (χ4v) is 4.47. The van der Waals surface area contributed by atoms with E-state index in [1.807, 2.05) is 48.2 Å². The van der Waals surface area contributed by atoms with E-state index in [0.717, 1.165) is 43.9 Å². The molecule has 0 bridgehead atoms. The largest absolute Gasteiger partial charge is 0.337 e. The molecule has 5 rings (SSSR count). The number of pyridine rings is 1. The molecule has 0 aliphatic carbocycles. The molecule has 2 aromatic carbocycles. The van der Waals surface area contributed by atoms with Gasteiger partial charge in [0.25, 0.3) is 11.6 Å². The van der Waals surface area contributed by atoms with Crippen molar-refractivity contribution < 1.29 is 9.32 Å². The van der Waals surface area contributed by atoms with Crippen LogP contribution in [0.1, 0.15) is 33.6 Å². The van der Waals surface area contributed by atoms with Crippen molar-refractivity contribution in [3.8, 4) is 11.3 Å². The first kappa shape index (κ1) is 21.3. The van der Waals surface area contributed by atoms with E-state index >= 15 is 0 Å². The van der Waals surface area contributed by atoms with Gasteiger partial charge in [0.15, 0.2) is 0 Å². The Hall–Kier alpha value is -3.51. The van der Waals surface area contributed by atoms with Crippen LogP contribution < -0.4 is 0 Å². The summed E-state index contributed by atoms with van der Waals surface area (Å²) >= 11 is 0. The molecule has 168 valence electrons. The topological polar surface area (TPSA) is 62.5 Å². The van der Waals surface area contributed by atoms with Gasteiger partial charge in [0.2, 0.25) is 0 Å². The van der Waals surface area contributed by atoms with Crippen LogP contribution in [0.3, 0.4) is 0 Å². The minimum Gasteiger partial charge on any atom is -0.337 e. The Kier molecular flexibility index (Phi) is 5.92. The Labute approximate surface area is 193 Å². The summed E-state index contributed by atoms with van der Waals surface area (Å²) in [5.74, 6) is 0.0167. The number of nitrogens with zero attached hydrogens (tertiary/aromatic N) is 4. The highest BCUT2D eigenvalue weighted by atomic mass is 16.5. The van der Waals surface area contributed by atoms with Crippen molar-refractivity contribution >= 4 is 17.0 Å². The summed E-state index contributed by atoms with van der Waals surface area (Å²) in [7, 11) is 0. The monoisotopic (exact) mass is 440 g/mol. The summed E-state index contributed by atoms with van der Waals surface area (Å²) in [4.78, 5) is 22.7. The van der Waals surface area contributed by atoms with E-state index in [0.29, 0.717) is 28.9 Å². The fourth-order valence-electron chi connectivity index (χ4n) is 4.47. The third-order valence-corrected chi connectivity index (χ3v) is 6.32. The van der Waals surface area contributed by atoms with E-state index in [4.69, 9.17) is 4.52 Å². The quantitative estimate of drug-likeness (QED) is 0.454. The maximum atomic E-state index is 13.7. The van der Waals surface area contributed by atoms with E-state index in [9.17, 15) is 4.79 Å². The molecular weight excluding hydrogens is 412 g/mol. The molecule has 6 heteroatoms. The highest BCUT2D eigenvalue weighted by Crippen LogP contribution is 2.28. The predicted molar refractivity (Wildman–Crippen MR) is 129 cm³/mol. The number of aryl methyl sites for hydroxylation is 2. The van der Waals surface area contributed by atoms with E-state index in [-0.39, 0.29) is 5.91 Å². The molecule has 0 N–H and O–H groups in total. The van der Waals surface area contributed by atoms with Crippen LogP contribution in [0.2, 0.25) is 0 Å². The second-order valence-electron chi connectivity index (χ2n) is 8.78. The molecule has 1 aliphatic rings. The number of carbonyl (C=O) groups is 1. The van der Waals surface area contributed by atoms with Crippen molar-refractivity contribution in [3.63, 3.8) is 0 Å². The molecule has 6 nitrogen and oxygen atoms in total. The van der Waals surface area contributed by atoms with E-state index in [2.05, 4.69) is 46.2 Å². The molecule has 1 fully saturated rings. The molecule has 3 heterocycles. The Balaban J connectivity index is 1.39. The molecule has 1 saturated heterocycles. The Bertz CT molecular complexity index is 1260. The van der Waals surface area contributed by atoms with Crippen LogP contribution in [-0.4, -0.2) is 52.0 Å². The minimum absolute atomic E-state index is 0.0167. The van der Waals surface area contributed by atoms with Gasteiger partial charge in [-0.05, 0) is 31.9 Å². The number of aromatic nitrogens is 2. The summed E-state index contributed by atoms with van der Waals surface area (Å²) in [6, 6.07) is 20.4. The van der Waals surface area contributed by atoms with E-state index < -0.39 is 0 Å². The molecule has 1 aliphatic heterocycles. The van der Waals surface area contributed by atoms with Gasteiger partial charge in [-0.3, -0.25) is 9.69 Å². The number of carbonyl (C=O) groups excluding carboxylic acids is 1. The van der Waals surface area contributed by atoms with Gasteiger partial charge in [-0.25, -0.2) is 4.98 Å². The lowest BCUT2D eigenvalue weighted by molar-refractivity contribution is 0.0763. The zero-order valence-corrected chi connectivity index (χ0v) is 19.1. The first-order valence-electron chi connectivity index (χ1n) is 11.5. The summed E-state index contributed by atoms with van der Waals surface area (Å²) in [5.41, 5.74) is 5.97. The smallest absolute Gasteiger partial charge is 0.259 e. The maximum Gasteiger partial charge on any atom is 0.259 e. The summed E-state index contributed by atoms with van der Waals surface area (Å²) in [6.07, 6.45) is 0.944. The van der Waals surface area contributed by atoms with Crippen LogP contribution in [0.25, 0.3) is 22.4 Å². The lowest BCUT2D eigenvalue weighted by Gasteiger charge is -2.22. The summed E-state index contributed by atoms with van der Waals surface area (Å²) in [5, 5.41) is 4.79. The van der Waals surface area contributed by atoms with Crippen LogP contribution in [0.15, 0.2) is 65.2 Å². The van der Waals surface area contributed by atoms with E-state index in [1.165, 1.54) is 11.1 Å². The molecule has 1 amide bonds. The van der Waals surface area contributed by atoms with Crippen LogP contribution in [0, 0.1) is 13.8 Å². The van der Waals surface area contributed by atoms with Gasteiger partial charge in [-0.1, -0.05) is 65.3 Å². The van der Waals surface area contributed by atoms with Crippen molar-refractivity contribution in [3.05, 3.63) is 83.0 Å². The van der Waals surface area contributed by atoms with E-state index in [1.54, 1.807) is 0 Å². The van der Waals surface area contributed by atoms with Crippen LogP contribution in [0.5, 0.6) is 0 Å². The van der Waals surface area contributed by atoms with Gasteiger partial charge in [0, 0.05) is 38.3 Å². The van der Waals surface area contributed by atoms with Gasteiger partial charge >= 0.3 is 0 Å². The predicted octanol–water partition coefficient (Wildman–Crippen LogP) is 4.85. The molecule has 0 spiro atoms. The molecule has 0 radical (unpaired) electrons. The second-order valence-corrected chi connectivity index (χ2v) is 8.78.